The van der Waals surface area contributed by atoms with E-state index in [4.69, 9.17) is 27.6 Å². The Labute approximate surface area is 184 Å². The second kappa shape index (κ2) is 8.05. The highest BCUT2D eigenvalue weighted by atomic mass is 35.5. The Bertz CT molecular complexity index is 1100. The summed E-state index contributed by atoms with van der Waals surface area (Å²) in [6.45, 7) is 1.74. The molecule has 2 aromatic rings. The zero-order chi connectivity index (χ0) is 23.1. The summed E-state index contributed by atoms with van der Waals surface area (Å²) >= 11 is 11.7. The van der Waals surface area contributed by atoms with E-state index in [0.717, 1.165) is 17.9 Å². The molecule has 0 saturated heterocycles. The molecule has 1 N–H and O–H groups in total. The molecule has 0 spiro atoms. The lowest BCUT2D eigenvalue weighted by Gasteiger charge is -2.33. The summed E-state index contributed by atoms with van der Waals surface area (Å²) in [5.41, 5.74) is -5.05. The molecule has 31 heavy (non-hydrogen) atoms. The van der Waals surface area contributed by atoms with Gasteiger partial charge in [0.1, 0.15) is 5.76 Å². The third-order valence-corrected chi connectivity index (χ3v) is 5.40. The number of alkyl halides is 3. The summed E-state index contributed by atoms with van der Waals surface area (Å²) in [5.74, 6) is -3.65. The summed E-state index contributed by atoms with van der Waals surface area (Å²) in [5, 5.41) is 1.68. The lowest BCUT2D eigenvalue weighted by atomic mass is 9.86. The van der Waals surface area contributed by atoms with Gasteiger partial charge in [0, 0.05) is 10.7 Å². The second-order valence-electron chi connectivity index (χ2n) is 6.81. The van der Waals surface area contributed by atoms with Crippen LogP contribution >= 0.6 is 23.2 Å². The van der Waals surface area contributed by atoms with Crippen molar-refractivity contribution >= 4 is 40.8 Å². The van der Waals surface area contributed by atoms with Crippen LogP contribution in [0.15, 0.2) is 52.3 Å². The molecule has 0 saturated carbocycles. The summed E-state index contributed by atoms with van der Waals surface area (Å²) < 4.78 is 48.4. The van der Waals surface area contributed by atoms with E-state index < -0.39 is 34.9 Å². The first-order valence-corrected chi connectivity index (χ1v) is 9.56. The van der Waals surface area contributed by atoms with Gasteiger partial charge in [0.25, 0.3) is 11.8 Å². The van der Waals surface area contributed by atoms with Crippen LogP contribution in [0.25, 0.3) is 0 Å². The van der Waals surface area contributed by atoms with Gasteiger partial charge in [-0.3, -0.25) is 14.4 Å². The number of Topliss-reactive ketones (excluding diaryl/α,β-unsaturated/α-hetero) is 1. The standard InChI is InChI=1S/C20H15Cl2F3N2O4/c1-10-16(11(2)28)19(20(23,24)25,18(30)27(10)9-13-4-3-7-31-13)26-17(29)14-6-5-12(21)8-15(14)22/h3-8H,9H2,1-2H3,(H,26,29)/t19-/m1/s1. The topological polar surface area (TPSA) is 79.6 Å². The minimum atomic E-state index is -5.33. The summed E-state index contributed by atoms with van der Waals surface area (Å²) in [6.07, 6.45) is -4.04. The molecule has 1 aliphatic rings. The average molecular weight is 475 g/mol. The Hall–Kier alpha value is -2.78. The fourth-order valence-corrected chi connectivity index (χ4v) is 3.99. The van der Waals surface area contributed by atoms with Crippen molar-refractivity contribution in [3.8, 4) is 0 Å². The number of halogens is 5. The van der Waals surface area contributed by atoms with Crippen LogP contribution in [0.4, 0.5) is 13.2 Å². The van der Waals surface area contributed by atoms with E-state index in [1.165, 1.54) is 37.5 Å². The largest absolute Gasteiger partial charge is 0.467 e. The van der Waals surface area contributed by atoms with Gasteiger partial charge >= 0.3 is 6.18 Å². The summed E-state index contributed by atoms with van der Waals surface area (Å²) in [6, 6.07) is 6.52. The first-order valence-electron chi connectivity index (χ1n) is 8.81. The van der Waals surface area contributed by atoms with Crippen molar-refractivity contribution in [2.45, 2.75) is 32.1 Å². The molecule has 1 aliphatic heterocycles. The number of rotatable bonds is 5. The minimum Gasteiger partial charge on any atom is -0.467 e. The van der Waals surface area contributed by atoms with Gasteiger partial charge in [-0.25, -0.2) is 0 Å². The third kappa shape index (κ3) is 3.83. The molecule has 6 nitrogen and oxygen atoms in total. The number of hydrogen-bond acceptors (Lipinski definition) is 4. The zero-order valence-corrected chi connectivity index (χ0v) is 17.7. The van der Waals surface area contributed by atoms with Crippen molar-refractivity contribution in [1.82, 2.24) is 10.2 Å². The molecular weight excluding hydrogens is 460 g/mol. The fraction of sp³-hybridized carbons (Fsp3) is 0.250. The van der Waals surface area contributed by atoms with Gasteiger partial charge in [-0.2, -0.15) is 13.2 Å². The number of benzene rings is 1. The Morgan fingerprint density at radius 3 is 2.42 bits per heavy atom. The maximum absolute atomic E-state index is 14.4. The molecule has 164 valence electrons. The van der Waals surface area contributed by atoms with Gasteiger partial charge in [-0.05, 0) is 44.2 Å². The summed E-state index contributed by atoms with van der Waals surface area (Å²) in [4.78, 5) is 38.9. The van der Waals surface area contributed by atoms with E-state index in [2.05, 4.69) is 0 Å². The quantitative estimate of drug-likeness (QED) is 0.690. The lowest BCUT2D eigenvalue weighted by Crippen LogP contribution is -2.66. The molecular formula is C20H15Cl2F3N2O4. The van der Waals surface area contributed by atoms with E-state index >= 15 is 0 Å². The van der Waals surface area contributed by atoms with Gasteiger partial charge in [0.15, 0.2) is 5.78 Å². The van der Waals surface area contributed by atoms with E-state index in [9.17, 15) is 27.6 Å². The number of allylic oxidation sites excluding steroid dienone is 1. The molecule has 3 rings (SSSR count). The number of nitrogens with one attached hydrogen (secondary N) is 1. The van der Waals surface area contributed by atoms with Crippen LogP contribution in [0.1, 0.15) is 30.0 Å². The first kappa shape index (κ1) is 22.9. The molecule has 1 atom stereocenters. The lowest BCUT2D eigenvalue weighted by molar-refractivity contribution is -0.190. The predicted octanol–water partition coefficient (Wildman–Crippen LogP) is 4.52. The van der Waals surface area contributed by atoms with E-state index in [-0.39, 0.29) is 33.6 Å². The third-order valence-electron chi connectivity index (χ3n) is 4.86. The minimum absolute atomic E-state index is 0.161. The van der Waals surface area contributed by atoms with Crippen LogP contribution in [0.3, 0.4) is 0 Å². The SMILES string of the molecule is CC(=O)C1=C(C)N(Cc2ccco2)C(=O)[C@@]1(NC(=O)c1ccc(Cl)cc1Cl)C(F)(F)F. The van der Waals surface area contributed by atoms with Crippen molar-refractivity contribution in [2.75, 3.05) is 0 Å². The number of amides is 2. The molecule has 0 radical (unpaired) electrons. The molecule has 0 fully saturated rings. The number of ketones is 1. The van der Waals surface area contributed by atoms with E-state index in [1.54, 1.807) is 5.32 Å². The highest BCUT2D eigenvalue weighted by Crippen LogP contribution is 2.45. The predicted molar refractivity (Wildman–Crippen MR) is 105 cm³/mol. The number of carbonyl (C=O) groups excluding carboxylic acids is 3. The average Bonchev–Trinajstić information content (AvgIpc) is 3.22. The smallest absolute Gasteiger partial charge is 0.425 e. The molecule has 0 bridgehead atoms. The van der Waals surface area contributed by atoms with Gasteiger partial charge in [0.05, 0.1) is 29.0 Å². The number of nitrogens with zero attached hydrogens (tertiary/aromatic N) is 1. The van der Waals surface area contributed by atoms with Gasteiger partial charge in [-0.15, -0.1) is 0 Å². The normalized spacial score (nSPS) is 19.2. The number of furan rings is 1. The molecule has 1 aromatic carbocycles. The zero-order valence-electron chi connectivity index (χ0n) is 16.1. The monoisotopic (exact) mass is 474 g/mol. The highest BCUT2D eigenvalue weighted by molar-refractivity contribution is 6.36. The number of hydrogen-bond donors (Lipinski definition) is 1. The number of carbonyl (C=O) groups is 3. The van der Waals surface area contributed by atoms with E-state index in [0.29, 0.717) is 0 Å². The van der Waals surface area contributed by atoms with Crippen LogP contribution in [0, 0.1) is 0 Å². The molecule has 0 unspecified atom stereocenters. The van der Waals surface area contributed by atoms with Crippen LogP contribution in [-0.4, -0.2) is 34.2 Å². The first-order chi connectivity index (χ1) is 14.4. The van der Waals surface area contributed by atoms with Crippen molar-refractivity contribution in [2.24, 2.45) is 0 Å². The Kier molecular flexibility index (Phi) is 5.94. The van der Waals surface area contributed by atoms with E-state index in [1.807, 2.05) is 0 Å². The maximum atomic E-state index is 14.4. The molecule has 0 aliphatic carbocycles. The van der Waals surface area contributed by atoms with Crippen molar-refractivity contribution < 1.29 is 32.0 Å². The van der Waals surface area contributed by atoms with Crippen molar-refractivity contribution in [3.05, 3.63) is 69.2 Å². The molecule has 11 heteroatoms. The molecule has 2 amide bonds. The van der Waals surface area contributed by atoms with Gasteiger partial charge in [-0.1, -0.05) is 23.2 Å². The van der Waals surface area contributed by atoms with Gasteiger partial charge < -0.3 is 14.6 Å². The van der Waals surface area contributed by atoms with Crippen LogP contribution < -0.4 is 5.32 Å². The Morgan fingerprint density at radius 2 is 1.90 bits per heavy atom. The van der Waals surface area contributed by atoms with Crippen LogP contribution in [-0.2, 0) is 16.1 Å². The summed E-state index contributed by atoms with van der Waals surface area (Å²) in [7, 11) is 0. The Balaban J connectivity index is 2.13. The van der Waals surface area contributed by atoms with Crippen molar-refractivity contribution in [1.29, 1.82) is 0 Å². The Morgan fingerprint density at radius 1 is 1.23 bits per heavy atom. The maximum Gasteiger partial charge on any atom is 0.425 e. The molecule has 1 aromatic heterocycles. The van der Waals surface area contributed by atoms with Crippen molar-refractivity contribution in [3.63, 3.8) is 0 Å². The van der Waals surface area contributed by atoms with Crippen LogP contribution in [0.2, 0.25) is 10.0 Å². The van der Waals surface area contributed by atoms with Gasteiger partial charge in [0.2, 0.25) is 5.54 Å². The highest BCUT2D eigenvalue weighted by Gasteiger charge is 2.70. The van der Waals surface area contributed by atoms with Crippen LogP contribution in [0.5, 0.6) is 0 Å². The second-order valence-corrected chi connectivity index (χ2v) is 7.66. The molecule has 2 heterocycles. The fourth-order valence-electron chi connectivity index (χ4n) is 3.50.